The second-order valence-electron chi connectivity index (χ2n) is 13.5. The van der Waals surface area contributed by atoms with E-state index in [0.717, 1.165) is 36.4 Å². The highest BCUT2D eigenvalue weighted by molar-refractivity contribution is 7.94. The molecule has 1 aliphatic heterocycles. The van der Waals surface area contributed by atoms with Crippen molar-refractivity contribution < 1.29 is 81.3 Å². The first kappa shape index (κ1) is 53.1. The molecular formula is C35H33N11O18S6. The number of nitrogens with two attached hydrogens (primary N) is 3. The maximum Gasteiger partial charge on any atom is 0.296 e. The number of aromatic hydroxyl groups is 1. The van der Waals surface area contributed by atoms with Crippen LogP contribution in [-0.2, 0) is 63.0 Å². The van der Waals surface area contributed by atoms with Crippen molar-refractivity contribution in [2.45, 2.75) is 30.6 Å². The van der Waals surface area contributed by atoms with Gasteiger partial charge < -0.3 is 22.3 Å². The number of sulfone groups is 1. The average molecular weight is 1090 g/mol. The molecule has 6 rings (SSSR count). The normalized spacial score (nSPS) is 15.3. The highest BCUT2D eigenvalue weighted by Crippen LogP contribution is 2.50. The zero-order valence-electron chi connectivity index (χ0n) is 34.6. The number of azo groups is 2. The van der Waals surface area contributed by atoms with E-state index in [0.29, 0.717) is 17.5 Å². The quantitative estimate of drug-likeness (QED) is 0.00832. The molecule has 0 aromatic heterocycles. The van der Waals surface area contributed by atoms with Crippen molar-refractivity contribution in [3.8, 4) is 5.75 Å². The summed E-state index contributed by atoms with van der Waals surface area (Å²) >= 11 is 0.226. The van der Waals surface area contributed by atoms with E-state index in [-0.39, 0.29) is 56.8 Å². The number of hydrazone groups is 1. The number of nitrogens with zero attached hydrogens (tertiary/aromatic N) is 6. The van der Waals surface area contributed by atoms with Crippen LogP contribution in [0.2, 0.25) is 0 Å². The number of hydrogen-bond acceptors (Lipinski definition) is 28. The molecule has 0 amide bonds. The molecule has 0 radical (unpaired) electrons. The lowest BCUT2D eigenvalue weighted by molar-refractivity contribution is -0.434. The van der Waals surface area contributed by atoms with Crippen molar-refractivity contribution in [2.24, 2.45) is 42.0 Å². The van der Waals surface area contributed by atoms with Crippen LogP contribution in [0.5, 0.6) is 5.75 Å². The molecule has 29 nitrogen and oxygen atoms in total. The SMILES string of the molecule is NC1=NC(N)C=CC1=NNc1ccc(NS(=O)(=O)c2ccc(N=Nc3c(S(=O)(=O)O)cc4cc(SOOO)c(N=Nc5ccc(S(=O)(=O)CCOSOOO)cc5S(=O)(=O)O)c(O)c4c3N)cc2)cc1. The molecule has 0 fully saturated rings. The molecule has 0 saturated carbocycles. The summed E-state index contributed by atoms with van der Waals surface area (Å²) in [5.41, 5.74) is 18.8. The molecule has 35 heteroatoms. The second-order valence-corrected chi connectivity index (χ2v) is 21.3. The van der Waals surface area contributed by atoms with Gasteiger partial charge in [-0.05, 0) is 96.4 Å². The molecule has 1 heterocycles. The number of nitrogens with one attached hydrogen (secondary N) is 2. The fourth-order valence-electron chi connectivity index (χ4n) is 5.82. The highest BCUT2D eigenvalue weighted by atomic mass is 32.2. The Morgan fingerprint density at radius 2 is 1.39 bits per heavy atom. The van der Waals surface area contributed by atoms with Crippen molar-refractivity contribution in [1.82, 2.24) is 0 Å². The van der Waals surface area contributed by atoms with Gasteiger partial charge in [0, 0.05) is 5.69 Å². The van der Waals surface area contributed by atoms with Crippen LogP contribution in [0.25, 0.3) is 10.8 Å². The van der Waals surface area contributed by atoms with Crippen LogP contribution in [0.1, 0.15) is 0 Å². The molecule has 13 N–H and O–H groups in total. The average Bonchev–Trinajstić information content (AvgIpc) is 3.29. The first-order valence-corrected chi connectivity index (χ1v) is 26.0. The Hall–Kier alpha value is -6.26. The Kier molecular flexibility index (Phi) is 16.9. The van der Waals surface area contributed by atoms with E-state index in [1.807, 2.05) is 0 Å². The summed E-state index contributed by atoms with van der Waals surface area (Å²) in [7, 11) is -18.9. The standard InChI is InChI=1S/C35H33N11O18S6/c36-29-12-11-25(35(38)39-29)43-40-19-1-3-21(4-2-19)46-68(52,53)22-7-5-20(6-8-22)41-45-33-28(70(57,58)59)16-18-15-26(65-63-61-48)32(34(47)30(18)31(33)37)44-42-24-10-9-23(17-27(24)69(54,55)56)67(50,51)14-13-60-66-64-62-49/h1-12,15-17,29,40,46-49H,13-14,36-37H2,(H2,38,39)(H,54,55,56)(H,57,58,59). The van der Waals surface area contributed by atoms with Crippen molar-refractivity contribution >= 4 is 127 Å². The van der Waals surface area contributed by atoms with Crippen LogP contribution in [0.4, 0.5) is 39.8 Å². The summed E-state index contributed by atoms with van der Waals surface area (Å²) < 4.78 is 138. The van der Waals surface area contributed by atoms with Gasteiger partial charge in [0.2, 0.25) is 0 Å². The van der Waals surface area contributed by atoms with Gasteiger partial charge in [0.05, 0.1) is 61.5 Å². The Morgan fingerprint density at radius 3 is 2.03 bits per heavy atom. The Morgan fingerprint density at radius 1 is 0.743 bits per heavy atom. The molecule has 0 saturated heterocycles. The summed E-state index contributed by atoms with van der Waals surface area (Å²) in [5, 5.41) is 54.3. The molecule has 1 unspecified atom stereocenters. The predicted octanol–water partition coefficient (Wildman–Crippen LogP) is 5.44. The predicted molar refractivity (Wildman–Crippen MR) is 249 cm³/mol. The monoisotopic (exact) mass is 1090 g/mol. The first-order valence-electron chi connectivity index (χ1n) is 18.5. The number of benzene rings is 5. The fraction of sp³-hybridized carbons (Fsp3) is 0.0857. The van der Waals surface area contributed by atoms with E-state index in [4.69, 9.17) is 31.9 Å². The molecule has 70 heavy (non-hydrogen) atoms. The zero-order valence-corrected chi connectivity index (χ0v) is 39.5. The summed E-state index contributed by atoms with van der Waals surface area (Å²) in [6, 6.07) is 14.8. The number of dihydropyridines is 1. The van der Waals surface area contributed by atoms with E-state index in [9.17, 15) is 47.9 Å². The first-order chi connectivity index (χ1) is 33.0. The summed E-state index contributed by atoms with van der Waals surface area (Å²) in [5.74, 6) is -1.57. The van der Waals surface area contributed by atoms with Crippen molar-refractivity contribution in [3.05, 3.63) is 91.0 Å². The topological polar surface area (TPSA) is 460 Å². The zero-order chi connectivity index (χ0) is 51.0. The van der Waals surface area contributed by atoms with Gasteiger partial charge in [0.1, 0.15) is 44.6 Å². The smallest absolute Gasteiger partial charge is 0.296 e. The van der Waals surface area contributed by atoms with Crippen molar-refractivity contribution in [3.63, 3.8) is 0 Å². The molecule has 1 atom stereocenters. The van der Waals surface area contributed by atoms with Crippen molar-refractivity contribution in [2.75, 3.05) is 28.2 Å². The number of aliphatic imine (C=N–C) groups is 1. The molecule has 0 spiro atoms. The third-order valence-corrected chi connectivity index (χ3v) is 14.8. The van der Waals surface area contributed by atoms with Gasteiger partial charge in [-0.25, -0.2) is 32.3 Å². The molecule has 5 aromatic rings. The van der Waals surface area contributed by atoms with Gasteiger partial charge in [-0.2, -0.15) is 27.1 Å². The lowest BCUT2D eigenvalue weighted by Crippen LogP contribution is -2.31. The number of rotatable bonds is 21. The summed E-state index contributed by atoms with van der Waals surface area (Å²) in [6.07, 6.45) is 2.60. The van der Waals surface area contributed by atoms with Gasteiger partial charge in [0.25, 0.3) is 30.3 Å². The van der Waals surface area contributed by atoms with Gasteiger partial charge >= 0.3 is 0 Å². The minimum Gasteiger partial charge on any atom is -0.505 e. The minimum absolute atomic E-state index is 0.0626. The number of phenols is 1. The van der Waals surface area contributed by atoms with E-state index in [2.05, 4.69) is 59.4 Å². The van der Waals surface area contributed by atoms with Crippen LogP contribution < -0.4 is 27.3 Å². The van der Waals surface area contributed by atoms with Gasteiger partial charge in [-0.15, -0.1) is 24.0 Å². The van der Waals surface area contributed by atoms with E-state index in [1.165, 1.54) is 36.4 Å². The fourth-order valence-corrected chi connectivity index (χ4v) is 10.2. The van der Waals surface area contributed by atoms with E-state index >= 15 is 0 Å². The van der Waals surface area contributed by atoms with Gasteiger partial charge in [-0.3, -0.25) is 23.4 Å². The number of sulfonamides is 1. The molecule has 5 aromatic carbocycles. The molecule has 0 bridgehead atoms. The van der Waals surface area contributed by atoms with Gasteiger partial charge in [0.15, 0.2) is 27.9 Å². The number of fused-ring (bicyclic) bond motifs is 1. The molecule has 1 aliphatic rings. The van der Waals surface area contributed by atoms with E-state index in [1.54, 1.807) is 12.2 Å². The van der Waals surface area contributed by atoms with Crippen LogP contribution in [0.15, 0.2) is 146 Å². The largest absolute Gasteiger partial charge is 0.505 e. The maximum absolute atomic E-state index is 13.2. The second kappa shape index (κ2) is 22.2. The van der Waals surface area contributed by atoms with Gasteiger partial charge in [-0.1, -0.05) is 10.1 Å². The summed E-state index contributed by atoms with van der Waals surface area (Å²) in [6.45, 7) is -0.547. The Bertz CT molecular complexity index is 3420. The number of hydrogen-bond donors (Lipinski definition) is 10. The number of anilines is 3. The number of phenolic OH excluding ortho intramolecular Hbond substituents is 1. The Balaban J connectivity index is 1.29. The number of amidine groups is 1. The minimum atomic E-state index is -5.25. The lowest BCUT2D eigenvalue weighted by atomic mass is 10.1. The molecule has 0 aliphatic carbocycles. The van der Waals surface area contributed by atoms with Crippen LogP contribution in [0.3, 0.4) is 0 Å². The lowest BCUT2D eigenvalue weighted by Gasteiger charge is -2.14. The third kappa shape index (κ3) is 13.1. The maximum atomic E-state index is 13.2. The third-order valence-electron chi connectivity index (χ3n) is 8.97. The van der Waals surface area contributed by atoms with Crippen molar-refractivity contribution in [1.29, 1.82) is 0 Å². The van der Waals surface area contributed by atoms with E-state index < -0.39 is 107 Å². The van der Waals surface area contributed by atoms with Crippen LogP contribution in [-0.4, -0.2) is 88.5 Å². The molecular weight excluding hydrogens is 1050 g/mol. The summed E-state index contributed by atoms with van der Waals surface area (Å²) in [4.78, 5) is 0.761. The highest BCUT2D eigenvalue weighted by Gasteiger charge is 2.27. The van der Waals surface area contributed by atoms with Crippen LogP contribution >= 0.6 is 24.4 Å². The number of nitrogen functional groups attached to an aromatic ring is 1. The molecule has 372 valence electrons. The van der Waals surface area contributed by atoms with Crippen LogP contribution in [0, 0.1) is 0 Å². The Labute approximate surface area is 403 Å².